The molecule has 0 aliphatic carbocycles. The highest BCUT2D eigenvalue weighted by Gasteiger charge is 2.33. The van der Waals surface area contributed by atoms with E-state index in [9.17, 15) is 9.59 Å². The Bertz CT molecular complexity index is 920. The third-order valence-electron chi connectivity index (χ3n) is 3.99. The average molecular weight is 414 g/mol. The van der Waals surface area contributed by atoms with E-state index < -0.39 is 5.97 Å². The van der Waals surface area contributed by atoms with E-state index in [4.69, 9.17) is 22.1 Å². The summed E-state index contributed by atoms with van der Waals surface area (Å²) >= 11 is 6.63. The van der Waals surface area contributed by atoms with Crippen LogP contribution in [-0.2, 0) is 16.0 Å². The molecule has 1 aliphatic rings. The summed E-state index contributed by atoms with van der Waals surface area (Å²) in [7, 11) is 0. The van der Waals surface area contributed by atoms with Gasteiger partial charge in [-0.05, 0) is 47.9 Å². The van der Waals surface area contributed by atoms with E-state index in [-0.39, 0.29) is 12.3 Å². The van der Waals surface area contributed by atoms with Crippen LogP contribution >= 0.6 is 24.0 Å². The molecule has 0 unspecified atom stereocenters. The van der Waals surface area contributed by atoms with Crippen molar-refractivity contribution < 1.29 is 19.4 Å². The molecular formula is C21H19NO4S2. The van der Waals surface area contributed by atoms with E-state index in [2.05, 4.69) is 6.92 Å². The molecule has 3 rings (SSSR count). The molecule has 2 aromatic rings. The lowest BCUT2D eigenvalue weighted by atomic mass is 10.1. The zero-order chi connectivity index (χ0) is 20.1. The number of aliphatic carboxylic acids is 1. The summed E-state index contributed by atoms with van der Waals surface area (Å²) in [5, 5.41) is 8.86. The Morgan fingerprint density at radius 1 is 1.18 bits per heavy atom. The molecular weight excluding hydrogens is 394 g/mol. The minimum atomic E-state index is -0.896. The number of ether oxygens (including phenoxy) is 1. The van der Waals surface area contributed by atoms with Crippen molar-refractivity contribution in [1.29, 1.82) is 0 Å². The van der Waals surface area contributed by atoms with Crippen molar-refractivity contribution >= 4 is 51.9 Å². The van der Waals surface area contributed by atoms with Crippen LogP contribution in [0, 0.1) is 0 Å². The molecule has 7 heteroatoms. The molecule has 5 nitrogen and oxygen atoms in total. The first kappa shape index (κ1) is 20.1. The maximum atomic E-state index is 12.8. The number of amides is 1. The van der Waals surface area contributed by atoms with Gasteiger partial charge >= 0.3 is 5.97 Å². The van der Waals surface area contributed by atoms with Crippen molar-refractivity contribution in [3.8, 4) is 5.75 Å². The standard InChI is InChI=1S/C21H19NO4S2/c1-2-11-26-17-9-5-14(6-10-17)12-18-20(25)22(21(27)28-18)16-7-3-15(4-8-16)13-19(23)24/h3-10,12H,2,11,13H2,1H3,(H,23,24)/b18-12-. The molecule has 0 aromatic heterocycles. The zero-order valence-electron chi connectivity index (χ0n) is 15.3. The Morgan fingerprint density at radius 2 is 1.86 bits per heavy atom. The highest BCUT2D eigenvalue weighted by molar-refractivity contribution is 8.27. The monoisotopic (exact) mass is 413 g/mol. The number of rotatable bonds is 7. The predicted octanol–water partition coefficient (Wildman–Crippen LogP) is 4.51. The summed E-state index contributed by atoms with van der Waals surface area (Å²) in [5.41, 5.74) is 2.19. The Balaban J connectivity index is 1.75. The Labute approximate surface area is 173 Å². The van der Waals surface area contributed by atoms with Gasteiger partial charge in [-0.3, -0.25) is 14.5 Å². The Hall–Kier alpha value is -2.64. The molecule has 0 spiro atoms. The molecule has 1 N–H and O–H groups in total. The summed E-state index contributed by atoms with van der Waals surface area (Å²) in [5.74, 6) is -0.285. The fourth-order valence-electron chi connectivity index (χ4n) is 2.66. The second-order valence-corrected chi connectivity index (χ2v) is 7.85. The van der Waals surface area contributed by atoms with Gasteiger partial charge in [-0.15, -0.1) is 0 Å². The van der Waals surface area contributed by atoms with Crippen molar-refractivity contribution in [2.24, 2.45) is 0 Å². The molecule has 1 heterocycles. The summed E-state index contributed by atoms with van der Waals surface area (Å²) in [4.78, 5) is 25.6. The van der Waals surface area contributed by atoms with E-state index in [1.54, 1.807) is 24.3 Å². The van der Waals surface area contributed by atoms with Gasteiger partial charge in [-0.2, -0.15) is 0 Å². The number of nitrogens with zero attached hydrogens (tertiary/aromatic N) is 1. The van der Waals surface area contributed by atoms with E-state index in [1.165, 1.54) is 16.7 Å². The first-order valence-corrected chi connectivity index (χ1v) is 10.0. The fraction of sp³-hybridized carbons (Fsp3) is 0.190. The molecule has 0 bridgehead atoms. The topological polar surface area (TPSA) is 66.8 Å². The van der Waals surface area contributed by atoms with Crippen molar-refractivity contribution in [1.82, 2.24) is 0 Å². The molecule has 144 valence electrons. The van der Waals surface area contributed by atoms with Gasteiger partial charge in [0.15, 0.2) is 4.32 Å². The molecule has 1 amide bonds. The largest absolute Gasteiger partial charge is 0.494 e. The normalized spacial score (nSPS) is 15.3. The predicted molar refractivity (Wildman–Crippen MR) is 116 cm³/mol. The van der Waals surface area contributed by atoms with Crippen molar-refractivity contribution in [3.63, 3.8) is 0 Å². The zero-order valence-corrected chi connectivity index (χ0v) is 16.9. The van der Waals surface area contributed by atoms with E-state index in [1.807, 2.05) is 30.3 Å². The van der Waals surface area contributed by atoms with Crippen LogP contribution in [0.2, 0.25) is 0 Å². The highest BCUT2D eigenvalue weighted by Crippen LogP contribution is 2.36. The number of carbonyl (C=O) groups is 2. The van der Waals surface area contributed by atoms with Crippen molar-refractivity contribution in [2.45, 2.75) is 19.8 Å². The van der Waals surface area contributed by atoms with Crippen LogP contribution in [-0.4, -0.2) is 27.9 Å². The third kappa shape index (κ3) is 4.79. The summed E-state index contributed by atoms with van der Waals surface area (Å²) in [6.45, 7) is 2.72. The number of hydrogen-bond donors (Lipinski definition) is 1. The molecule has 28 heavy (non-hydrogen) atoms. The van der Waals surface area contributed by atoms with Crippen LogP contribution in [0.4, 0.5) is 5.69 Å². The number of thiocarbonyl (C=S) groups is 1. The Morgan fingerprint density at radius 3 is 2.46 bits per heavy atom. The Kier molecular flexibility index (Phi) is 6.49. The number of carboxylic acids is 1. The molecule has 0 radical (unpaired) electrons. The van der Waals surface area contributed by atoms with E-state index >= 15 is 0 Å². The molecule has 0 saturated carbocycles. The van der Waals surface area contributed by atoms with E-state index in [0.717, 1.165) is 17.7 Å². The van der Waals surface area contributed by atoms with Crippen LogP contribution < -0.4 is 9.64 Å². The van der Waals surface area contributed by atoms with Gasteiger partial charge in [0.25, 0.3) is 5.91 Å². The number of anilines is 1. The van der Waals surface area contributed by atoms with Gasteiger partial charge in [0, 0.05) is 0 Å². The first-order chi connectivity index (χ1) is 13.5. The molecule has 1 fully saturated rings. The number of hydrogen-bond acceptors (Lipinski definition) is 5. The average Bonchev–Trinajstić information content (AvgIpc) is 2.95. The number of carbonyl (C=O) groups excluding carboxylic acids is 1. The number of carboxylic acid groups (broad SMARTS) is 1. The maximum Gasteiger partial charge on any atom is 0.307 e. The second kappa shape index (κ2) is 9.03. The van der Waals surface area contributed by atoms with Crippen LogP contribution in [0.25, 0.3) is 6.08 Å². The SMILES string of the molecule is CCCOc1ccc(/C=C2\SC(=S)N(c3ccc(CC(=O)O)cc3)C2=O)cc1. The van der Waals surface area contributed by atoms with Gasteiger partial charge < -0.3 is 9.84 Å². The van der Waals surface area contributed by atoms with Gasteiger partial charge in [0.05, 0.1) is 23.6 Å². The van der Waals surface area contributed by atoms with Gasteiger partial charge in [0.2, 0.25) is 0 Å². The minimum absolute atomic E-state index is 0.0590. The third-order valence-corrected chi connectivity index (χ3v) is 5.30. The summed E-state index contributed by atoms with van der Waals surface area (Å²) in [6.07, 6.45) is 2.69. The first-order valence-electron chi connectivity index (χ1n) is 8.79. The lowest BCUT2D eigenvalue weighted by Crippen LogP contribution is -2.27. The lowest BCUT2D eigenvalue weighted by Gasteiger charge is -2.14. The summed E-state index contributed by atoms with van der Waals surface area (Å²) < 4.78 is 6.02. The van der Waals surface area contributed by atoms with Crippen LogP contribution in [0.5, 0.6) is 5.75 Å². The van der Waals surface area contributed by atoms with Crippen molar-refractivity contribution in [3.05, 3.63) is 64.6 Å². The van der Waals surface area contributed by atoms with Crippen LogP contribution in [0.15, 0.2) is 53.4 Å². The molecule has 1 aliphatic heterocycles. The molecule has 0 atom stereocenters. The highest BCUT2D eigenvalue weighted by atomic mass is 32.2. The van der Waals surface area contributed by atoms with Gasteiger partial charge in [0.1, 0.15) is 5.75 Å². The summed E-state index contributed by atoms with van der Waals surface area (Å²) in [6, 6.07) is 14.4. The smallest absolute Gasteiger partial charge is 0.307 e. The number of thioether (sulfide) groups is 1. The van der Waals surface area contributed by atoms with Gasteiger partial charge in [-0.1, -0.05) is 55.2 Å². The van der Waals surface area contributed by atoms with Gasteiger partial charge in [-0.25, -0.2) is 0 Å². The quantitative estimate of drug-likeness (QED) is 0.532. The maximum absolute atomic E-state index is 12.8. The molecule has 2 aromatic carbocycles. The minimum Gasteiger partial charge on any atom is -0.494 e. The van der Waals surface area contributed by atoms with E-state index in [0.29, 0.717) is 27.1 Å². The van der Waals surface area contributed by atoms with Crippen LogP contribution in [0.1, 0.15) is 24.5 Å². The number of benzene rings is 2. The fourth-order valence-corrected chi connectivity index (χ4v) is 3.96. The lowest BCUT2D eigenvalue weighted by molar-refractivity contribution is -0.136. The second-order valence-electron chi connectivity index (χ2n) is 6.17. The molecule has 1 saturated heterocycles. The van der Waals surface area contributed by atoms with Crippen LogP contribution in [0.3, 0.4) is 0 Å². The van der Waals surface area contributed by atoms with Crippen molar-refractivity contribution in [2.75, 3.05) is 11.5 Å².